The molecule has 0 radical (unpaired) electrons. The number of nitriles is 1. The Hall–Kier alpha value is -2.31. The fourth-order valence-corrected chi connectivity index (χ4v) is 5.65. The van der Waals surface area contributed by atoms with Crippen molar-refractivity contribution in [2.75, 3.05) is 57.2 Å². The second-order valence-corrected chi connectivity index (χ2v) is 11.3. The minimum Gasteiger partial charge on any atom is -0.449 e. The first-order valence-corrected chi connectivity index (χ1v) is 13.4. The van der Waals surface area contributed by atoms with E-state index in [1.807, 2.05) is 31.3 Å². The summed E-state index contributed by atoms with van der Waals surface area (Å²) in [5, 5.41) is 12.3. The summed E-state index contributed by atoms with van der Waals surface area (Å²) in [6.07, 6.45) is 4.46. The number of nitrogens with one attached hydrogen (secondary N) is 1. The first-order chi connectivity index (χ1) is 15.3. The van der Waals surface area contributed by atoms with Gasteiger partial charge in [0.2, 0.25) is 0 Å². The number of hydrogen-bond acceptors (Lipinski definition) is 7. The predicted molar refractivity (Wildman–Crippen MR) is 124 cm³/mol. The molecule has 0 aromatic heterocycles. The number of anilines is 1. The van der Waals surface area contributed by atoms with Gasteiger partial charge in [-0.3, -0.25) is 0 Å². The molecule has 1 aliphatic carbocycles. The zero-order chi connectivity index (χ0) is 23.1. The van der Waals surface area contributed by atoms with Gasteiger partial charge in [-0.25, -0.2) is 13.2 Å². The molecular formula is C23H34N4O4S. The number of nitrogens with zero attached hydrogens (tertiary/aromatic N) is 3. The fraction of sp³-hybridized carbons (Fsp3) is 0.652. The lowest BCUT2D eigenvalue weighted by Crippen LogP contribution is -2.53. The maximum Gasteiger partial charge on any atom is 0.409 e. The van der Waals surface area contributed by atoms with Gasteiger partial charge in [0.25, 0.3) is 0 Å². The number of hydrogen-bond donors (Lipinski definition) is 1. The van der Waals surface area contributed by atoms with Crippen molar-refractivity contribution >= 4 is 21.6 Å². The van der Waals surface area contributed by atoms with Crippen LogP contribution in [0.4, 0.5) is 10.5 Å². The van der Waals surface area contributed by atoms with Crippen molar-refractivity contribution in [1.29, 1.82) is 5.26 Å². The molecule has 2 bridgehead atoms. The van der Waals surface area contributed by atoms with Crippen LogP contribution >= 0.6 is 0 Å². The zero-order valence-corrected chi connectivity index (χ0v) is 19.8. The van der Waals surface area contributed by atoms with E-state index in [4.69, 9.17) is 10.00 Å². The van der Waals surface area contributed by atoms with E-state index in [9.17, 15) is 13.2 Å². The molecule has 2 aliphatic rings. The normalized spacial score (nSPS) is 22.8. The Morgan fingerprint density at radius 2 is 1.88 bits per heavy atom. The highest BCUT2D eigenvalue weighted by atomic mass is 32.2. The van der Waals surface area contributed by atoms with E-state index in [2.05, 4.69) is 16.3 Å². The van der Waals surface area contributed by atoms with Gasteiger partial charge in [0.15, 0.2) is 0 Å². The average Bonchev–Trinajstić information content (AvgIpc) is 3.03. The van der Waals surface area contributed by atoms with Crippen molar-refractivity contribution in [3.05, 3.63) is 29.8 Å². The number of piperidine rings is 1. The van der Waals surface area contributed by atoms with Crippen LogP contribution in [0.25, 0.3) is 0 Å². The molecule has 1 heterocycles. The van der Waals surface area contributed by atoms with Crippen molar-refractivity contribution in [2.45, 2.75) is 31.7 Å². The molecule has 3 rings (SSSR count). The van der Waals surface area contributed by atoms with E-state index in [0.29, 0.717) is 23.8 Å². The van der Waals surface area contributed by atoms with Crippen LogP contribution in [0.15, 0.2) is 24.3 Å². The van der Waals surface area contributed by atoms with Crippen LogP contribution in [0.5, 0.6) is 0 Å². The van der Waals surface area contributed by atoms with Gasteiger partial charge in [-0.15, -0.1) is 0 Å². The van der Waals surface area contributed by atoms with Crippen LogP contribution in [-0.4, -0.2) is 82.2 Å². The molecule has 1 saturated heterocycles. The summed E-state index contributed by atoms with van der Waals surface area (Å²) in [5.74, 6) is 0.941. The van der Waals surface area contributed by atoms with Crippen LogP contribution in [0.3, 0.4) is 0 Å². The summed E-state index contributed by atoms with van der Waals surface area (Å²) in [6.45, 7) is 4.01. The van der Waals surface area contributed by atoms with E-state index < -0.39 is 9.84 Å². The molecule has 1 N–H and O–H groups in total. The Labute approximate surface area is 191 Å². The number of fused-ring (bicyclic) bond motifs is 2. The molecule has 2 unspecified atom stereocenters. The monoisotopic (exact) mass is 462 g/mol. The highest BCUT2D eigenvalue weighted by Crippen LogP contribution is 2.39. The first kappa shape index (κ1) is 24.3. The van der Waals surface area contributed by atoms with Crippen molar-refractivity contribution in [3.8, 4) is 6.07 Å². The lowest BCUT2D eigenvalue weighted by atomic mass is 9.91. The highest BCUT2D eigenvalue weighted by molar-refractivity contribution is 7.90. The van der Waals surface area contributed by atoms with Crippen LogP contribution in [0.2, 0.25) is 0 Å². The Morgan fingerprint density at radius 3 is 2.47 bits per heavy atom. The zero-order valence-electron chi connectivity index (χ0n) is 19.0. The molecular weight excluding hydrogens is 428 g/mol. The molecule has 176 valence electrons. The van der Waals surface area contributed by atoms with E-state index in [-0.39, 0.29) is 24.5 Å². The fourth-order valence-electron chi connectivity index (χ4n) is 5.01. The Morgan fingerprint density at radius 1 is 1.22 bits per heavy atom. The summed E-state index contributed by atoms with van der Waals surface area (Å²) in [6, 6.07) is 9.82. The van der Waals surface area contributed by atoms with Gasteiger partial charge in [-0.1, -0.05) is 0 Å². The molecule has 32 heavy (non-hydrogen) atoms. The summed E-state index contributed by atoms with van der Waals surface area (Å²) in [4.78, 5) is 16.7. The third-order valence-electron chi connectivity index (χ3n) is 6.47. The van der Waals surface area contributed by atoms with Crippen LogP contribution in [0, 0.1) is 23.2 Å². The number of amides is 1. The summed E-state index contributed by atoms with van der Waals surface area (Å²) in [5.41, 5.74) is 1.69. The number of rotatable bonds is 10. The molecule has 1 aromatic carbocycles. The molecule has 1 amide bonds. The van der Waals surface area contributed by atoms with E-state index >= 15 is 0 Å². The highest BCUT2D eigenvalue weighted by Gasteiger charge is 2.45. The second kappa shape index (κ2) is 11.0. The Balaban J connectivity index is 1.38. The lowest BCUT2D eigenvalue weighted by Gasteiger charge is -2.41. The van der Waals surface area contributed by atoms with Gasteiger partial charge < -0.3 is 19.9 Å². The van der Waals surface area contributed by atoms with Crippen molar-refractivity contribution in [3.63, 3.8) is 0 Å². The topological polar surface area (TPSA) is 103 Å². The van der Waals surface area contributed by atoms with E-state index in [1.165, 1.54) is 6.26 Å². The Bertz CT molecular complexity index is 899. The van der Waals surface area contributed by atoms with Gasteiger partial charge in [0.1, 0.15) is 9.84 Å². The number of carbonyl (C=O) groups excluding carboxylic acids is 1. The maximum atomic E-state index is 12.5. The van der Waals surface area contributed by atoms with Gasteiger partial charge in [-0.05, 0) is 68.3 Å². The molecule has 9 heteroatoms. The summed E-state index contributed by atoms with van der Waals surface area (Å²) >= 11 is 0. The quantitative estimate of drug-likeness (QED) is 0.533. The number of benzene rings is 1. The Kier molecular flexibility index (Phi) is 8.38. The van der Waals surface area contributed by atoms with Gasteiger partial charge in [-0.2, -0.15) is 5.26 Å². The van der Waals surface area contributed by atoms with Crippen molar-refractivity contribution in [2.24, 2.45) is 11.8 Å². The summed E-state index contributed by atoms with van der Waals surface area (Å²) < 4.78 is 27.7. The predicted octanol–water partition coefficient (Wildman–Crippen LogP) is 2.57. The van der Waals surface area contributed by atoms with Gasteiger partial charge in [0.05, 0.1) is 24.0 Å². The van der Waals surface area contributed by atoms with Crippen LogP contribution < -0.4 is 5.32 Å². The molecule has 1 aromatic rings. The van der Waals surface area contributed by atoms with Crippen molar-refractivity contribution < 1.29 is 17.9 Å². The molecule has 8 nitrogen and oxygen atoms in total. The smallest absolute Gasteiger partial charge is 0.409 e. The van der Waals surface area contributed by atoms with E-state index in [0.717, 1.165) is 51.1 Å². The van der Waals surface area contributed by atoms with Crippen LogP contribution in [-0.2, 0) is 14.6 Å². The van der Waals surface area contributed by atoms with Crippen LogP contribution in [0.1, 0.15) is 31.2 Å². The largest absolute Gasteiger partial charge is 0.449 e. The van der Waals surface area contributed by atoms with E-state index in [1.54, 1.807) is 4.90 Å². The number of likely N-dealkylation sites (tertiary alicyclic amines) is 1. The molecule has 1 saturated carbocycles. The molecule has 1 aliphatic heterocycles. The maximum absolute atomic E-state index is 12.5. The molecule has 2 atom stereocenters. The van der Waals surface area contributed by atoms with Gasteiger partial charge >= 0.3 is 6.09 Å². The third-order valence-corrected chi connectivity index (χ3v) is 7.50. The number of sulfone groups is 1. The standard InChI is InChI=1S/C23H34N4O4S/c1-26(23(28)31-13-4-14-32(2,29)30)22-19-7-8-20(22)17-27(16-19)12-3-11-25-21-9-5-18(15-24)6-10-21/h5-6,9-10,19-20,22,25H,3-4,7-8,11-14,16-17H2,1-2H3. The molecule has 0 spiro atoms. The second-order valence-electron chi connectivity index (χ2n) is 9.03. The first-order valence-electron chi connectivity index (χ1n) is 11.3. The average molecular weight is 463 g/mol. The summed E-state index contributed by atoms with van der Waals surface area (Å²) in [7, 11) is -1.22. The van der Waals surface area contributed by atoms with Gasteiger partial charge in [0, 0.05) is 44.7 Å². The SMILES string of the molecule is CN(C(=O)OCCCS(C)(=O)=O)C1C2CCC1CN(CCCNc1ccc(C#N)cc1)C2. The lowest BCUT2D eigenvalue weighted by molar-refractivity contribution is 0.0436. The minimum absolute atomic E-state index is 0.0354. The number of ether oxygens (including phenoxy) is 1. The van der Waals surface area contributed by atoms with Crippen molar-refractivity contribution in [1.82, 2.24) is 9.80 Å². The number of carbonyl (C=O) groups is 1. The molecule has 2 fully saturated rings. The third kappa shape index (κ3) is 6.84. The minimum atomic E-state index is -3.03.